The molecule has 2 aromatic carbocycles. The van der Waals surface area contributed by atoms with Gasteiger partial charge in [0.05, 0.1) is 19.9 Å². The Morgan fingerprint density at radius 1 is 0.929 bits per heavy atom. The summed E-state index contributed by atoms with van der Waals surface area (Å²) in [5, 5.41) is 0. The van der Waals surface area contributed by atoms with Gasteiger partial charge >= 0.3 is 11.9 Å². The van der Waals surface area contributed by atoms with Gasteiger partial charge in [0.15, 0.2) is 0 Å². The van der Waals surface area contributed by atoms with E-state index in [1.54, 1.807) is 48.5 Å². The van der Waals surface area contributed by atoms with E-state index in [2.05, 4.69) is 4.74 Å². The predicted octanol–water partition coefficient (Wildman–Crippen LogP) is 3.67. The molecular weight excluding hydrogens is 365 g/mol. The highest BCUT2D eigenvalue weighted by Gasteiger charge is 2.34. The number of rotatable bonds is 5. The zero-order valence-corrected chi connectivity index (χ0v) is 15.1. The van der Waals surface area contributed by atoms with Crippen LogP contribution in [-0.2, 0) is 9.47 Å². The van der Waals surface area contributed by atoms with E-state index in [4.69, 9.17) is 4.74 Å². The van der Waals surface area contributed by atoms with Gasteiger partial charge in [-0.1, -0.05) is 36.4 Å². The van der Waals surface area contributed by atoms with Crippen molar-refractivity contribution >= 4 is 18.2 Å². The number of hydrogen-bond acceptors (Lipinski definition) is 5. The quantitative estimate of drug-likeness (QED) is 0.498. The van der Waals surface area contributed by atoms with Crippen LogP contribution in [0.1, 0.15) is 31.1 Å². The van der Waals surface area contributed by atoms with Crippen LogP contribution < -0.4 is 0 Å². The summed E-state index contributed by atoms with van der Waals surface area (Å²) in [5.41, 5.74) is 0.340. The summed E-state index contributed by atoms with van der Waals surface area (Å²) in [6.45, 7) is 0. The number of aromatic nitrogens is 1. The Morgan fingerprint density at radius 2 is 1.57 bits per heavy atom. The van der Waals surface area contributed by atoms with Crippen LogP contribution in [-0.4, -0.2) is 37.0 Å². The van der Waals surface area contributed by atoms with Gasteiger partial charge in [0.25, 0.3) is 0 Å². The van der Waals surface area contributed by atoms with Gasteiger partial charge in [-0.2, -0.15) is 4.39 Å². The van der Waals surface area contributed by atoms with E-state index in [1.165, 1.54) is 6.07 Å². The van der Waals surface area contributed by atoms with Crippen LogP contribution in [0.3, 0.4) is 0 Å². The molecule has 0 amide bonds. The second kappa shape index (κ2) is 7.87. The van der Waals surface area contributed by atoms with Crippen molar-refractivity contribution in [3.8, 4) is 16.9 Å². The topological polar surface area (TPSA) is 74.6 Å². The third-order valence-electron chi connectivity index (χ3n) is 4.20. The molecule has 0 bridgehead atoms. The van der Waals surface area contributed by atoms with E-state index in [9.17, 15) is 14.4 Å². The van der Waals surface area contributed by atoms with Crippen LogP contribution in [0, 0.1) is 5.95 Å². The van der Waals surface area contributed by atoms with E-state index < -0.39 is 23.4 Å². The lowest BCUT2D eigenvalue weighted by molar-refractivity contribution is 0.0553. The first-order valence-corrected chi connectivity index (χ1v) is 8.25. The predicted molar refractivity (Wildman–Crippen MR) is 99.2 cm³/mol. The van der Waals surface area contributed by atoms with E-state index in [1.807, 2.05) is 0 Å². The van der Waals surface area contributed by atoms with E-state index in [0.717, 1.165) is 18.8 Å². The van der Waals surface area contributed by atoms with Gasteiger partial charge in [-0.25, -0.2) is 9.59 Å². The maximum atomic E-state index is 15.4. The van der Waals surface area contributed by atoms with Crippen molar-refractivity contribution in [3.63, 3.8) is 0 Å². The fraction of sp³-hybridized carbons (Fsp3) is 0.0952. The molecule has 0 N–H and O–H groups in total. The number of benzene rings is 2. The number of aldehydes is 1. The molecule has 0 atom stereocenters. The molecule has 1 aromatic heterocycles. The molecule has 28 heavy (non-hydrogen) atoms. The zero-order valence-electron chi connectivity index (χ0n) is 15.1. The summed E-state index contributed by atoms with van der Waals surface area (Å²) in [4.78, 5) is 36.0. The lowest BCUT2D eigenvalue weighted by Gasteiger charge is -2.12. The van der Waals surface area contributed by atoms with Gasteiger partial charge in [-0.3, -0.25) is 9.36 Å². The number of halogens is 1. The third-order valence-corrected chi connectivity index (χ3v) is 4.20. The number of esters is 2. The summed E-state index contributed by atoms with van der Waals surface area (Å²) >= 11 is 0. The minimum Gasteiger partial charge on any atom is -0.465 e. The van der Waals surface area contributed by atoms with Gasteiger partial charge in [-0.05, 0) is 18.2 Å². The first-order chi connectivity index (χ1) is 13.5. The van der Waals surface area contributed by atoms with Crippen molar-refractivity contribution in [2.75, 3.05) is 14.2 Å². The fourth-order valence-electron chi connectivity index (χ4n) is 2.98. The molecule has 0 aliphatic heterocycles. The molecule has 3 aromatic rings. The minimum atomic E-state index is -1.01. The highest BCUT2D eigenvalue weighted by Crippen LogP contribution is 2.35. The molecule has 3 rings (SSSR count). The van der Waals surface area contributed by atoms with Gasteiger partial charge < -0.3 is 9.47 Å². The lowest BCUT2D eigenvalue weighted by Crippen LogP contribution is -2.11. The maximum absolute atomic E-state index is 15.4. The fourth-order valence-corrected chi connectivity index (χ4v) is 2.98. The summed E-state index contributed by atoms with van der Waals surface area (Å²) in [5.74, 6) is -2.88. The van der Waals surface area contributed by atoms with Crippen molar-refractivity contribution in [2.24, 2.45) is 0 Å². The van der Waals surface area contributed by atoms with Crippen LogP contribution in [0.15, 0.2) is 54.6 Å². The van der Waals surface area contributed by atoms with Gasteiger partial charge in [-0.15, -0.1) is 0 Å². The van der Waals surface area contributed by atoms with Crippen molar-refractivity contribution in [1.29, 1.82) is 0 Å². The Hall–Kier alpha value is -3.74. The summed E-state index contributed by atoms with van der Waals surface area (Å²) < 4.78 is 26.0. The van der Waals surface area contributed by atoms with Gasteiger partial charge in [0, 0.05) is 16.8 Å². The Morgan fingerprint density at radius 3 is 2.18 bits per heavy atom. The van der Waals surface area contributed by atoms with E-state index in [0.29, 0.717) is 23.1 Å². The van der Waals surface area contributed by atoms with E-state index in [-0.39, 0.29) is 11.3 Å². The average molecular weight is 381 g/mol. The Bertz CT molecular complexity index is 1060. The lowest BCUT2D eigenvalue weighted by atomic mass is 10.0. The number of nitrogens with zero attached hydrogens (tertiary/aromatic N) is 1. The third kappa shape index (κ3) is 3.18. The molecule has 0 fully saturated rings. The second-order valence-corrected chi connectivity index (χ2v) is 5.79. The number of para-hydroxylation sites is 1. The molecule has 0 aliphatic carbocycles. The highest BCUT2D eigenvalue weighted by atomic mass is 19.1. The van der Waals surface area contributed by atoms with E-state index >= 15 is 4.39 Å². The smallest absolute Gasteiger partial charge is 0.343 e. The SMILES string of the molecule is COC(=O)c1c(C(=O)OC)c(-c2cccc(C=O)c2)n(-c2ccccc2)c1F. The maximum Gasteiger partial charge on any atom is 0.343 e. The van der Waals surface area contributed by atoms with Gasteiger partial charge in [0.2, 0.25) is 5.95 Å². The number of carbonyl (C=O) groups is 3. The molecular formula is C21H16FNO5. The molecule has 6 nitrogen and oxygen atoms in total. The minimum absolute atomic E-state index is 0.0830. The Labute approximate surface area is 160 Å². The molecule has 0 aliphatic rings. The van der Waals surface area contributed by atoms with Crippen molar-refractivity contribution in [1.82, 2.24) is 4.57 Å². The van der Waals surface area contributed by atoms with Crippen molar-refractivity contribution in [2.45, 2.75) is 0 Å². The normalized spacial score (nSPS) is 10.4. The summed E-state index contributed by atoms with van der Waals surface area (Å²) in [6, 6.07) is 14.6. The number of ether oxygens (including phenoxy) is 2. The second-order valence-electron chi connectivity index (χ2n) is 5.79. The Kier molecular flexibility index (Phi) is 5.35. The van der Waals surface area contributed by atoms with Crippen LogP contribution in [0.25, 0.3) is 16.9 Å². The highest BCUT2D eigenvalue weighted by molar-refractivity contribution is 6.08. The average Bonchev–Trinajstić information content (AvgIpc) is 3.06. The van der Waals surface area contributed by atoms with Crippen molar-refractivity contribution in [3.05, 3.63) is 77.2 Å². The number of hydrogen-bond donors (Lipinski definition) is 0. The number of carbonyl (C=O) groups excluding carboxylic acids is 3. The number of methoxy groups -OCH3 is 2. The van der Waals surface area contributed by atoms with Crippen LogP contribution >= 0.6 is 0 Å². The van der Waals surface area contributed by atoms with Gasteiger partial charge in [0.1, 0.15) is 17.4 Å². The van der Waals surface area contributed by atoms with Crippen LogP contribution in [0.4, 0.5) is 4.39 Å². The molecule has 7 heteroatoms. The molecule has 142 valence electrons. The van der Waals surface area contributed by atoms with Crippen LogP contribution in [0.2, 0.25) is 0 Å². The largest absolute Gasteiger partial charge is 0.465 e. The van der Waals surface area contributed by atoms with Crippen LogP contribution in [0.5, 0.6) is 0 Å². The molecule has 0 spiro atoms. The first-order valence-electron chi connectivity index (χ1n) is 8.25. The summed E-state index contributed by atoms with van der Waals surface area (Å²) in [7, 11) is 2.22. The molecule has 0 saturated carbocycles. The zero-order chi connectivity index (χ0) is 20.3. The Balaban J connectivity index is 2.47. The molecule has 0 unspecified atom stereocenters. The summed E-state index contributed by atoms with van der Waals surface area (Å²) in [6.07, 6.45) is 0.634. The standard InChI is InChI=1S/C21H16FNO5/c1-27-20(25)16-17(21(26)28-2)19(22)23(15-9-4-3-5-10-15)18(16)14-8-6-7-13(11-14)12-24/h3-12H,1-2H3. The monoisotopic (exact) mass is 381 g/mol. The molecule has 0 saturated heterocycles. The first kappa shape index (κ1) is 19.0. The molecule has 1 heterocycles. The van der Waals surface area contributed by atoms with Crippen molar-refractivity contribution < 1.29 is 28.2 Å². The molecule has 0 radical (unpaired) electrons.